The second-order valence-electron chi connectivity index (χ2n) is 2.68. The lowest BCUT2D eigenvalue weighted by Crippen LogP contribution is -1.89. The van der Waals surface area contributed by atoms with Gasteiger partial charge in [0.05, 0.1) is 0 Å². The molecule has 0 saturated heterocycles. The molecule has 1 heteroatoms. The SMILES string of the molecule is CC.CN=Cc1cccc(C)c1C. The summed E-state index contributed by atoms with van der Waals surface area (Å²) < 4.78 is 0. The third-order valence-corrected chi connectivity index (χ3v) is 1.91. The number of aryl methyl sites for hydroxylation is 1. The van der Waals surface area contributed by atoms with Gasteiger partial charge in [-0.15, -0.1) is 0 Å². The Morgan fingerprint density at radius 1 is 1.15 bits per heavy atom. The Labute approximate surface area is 81.5 Å². The second kappa shape index (κ2) is 6.41. The molecule has 13 heavy (non-hydrogen) atoms. The highest BCUT2D eigenvalue weighted by molar-refractivity contribution is 5.81. The fourth-order valence-electron chi connectivity index (χ4n) is 1.05. The molecule has 1 aromatic carbocycles. The summed E-state index contributed by atoms with van der Waals surface area (Å²) in [5.41, 5.74) is 3.85. The Morgan fingerprint density at radius 3 is 2.31 bits per heavy atom. The van der Waals surface area contributed by atoms with Crippen molar-refractivity contribution in [2.45, 2.75) is 27.7 Å². The van der Waals surface area contributed by atoms with Crippen molar-refractivity contribution in [2.75, 3.05) is 7.05 Å². The molecule has 1 aromatic rings. The third kappa shape index (κ3) is 3.41. The maximum atomic E-state index is 3.98. The summed E-state index contributed by atoms with van der Waals surface area (Å²) in [6.45, 7) is 8.23. The summed E-state index contributed by atoms with van der Waals surface area (Å²) >= 11 is 0. The van der Waals surface area contributed by atoms with Crippen LogP contribution < -0.4 is 0 Å². The maximum absolute atomic E-state index is 3.98. The van der Waals surface area contributed by atoms with Crippen LogP contribution in [-0.2, 0) is 0 Å². The molecule has 1 nitrogen and oxygen atoms in total. The van der Waals surface area contributed by atoms with Gasteiger partial charge < -0.3 is 0 Å². The van der Waals surface area contributed by atoms with Crippen molar-refractivity contribution in [3.05, 3.63) is 34.9 Å². The summed E-state index contributed by atoms with van der Waals surface area (Å²) in [5, 5.41) is 0. The fraction of sp³-hybridized carbons (Fsp3) is 0.417. The molecule has 0 aliphatic carbocycles. The second-order valence-corrected chi connectivity index (χ2v) is 2.68. The first kappa shape index (κ1) is 11.9. The summed E-state index contributed by atoms with van der Waals surface area (Å²) in [6.07, 6.45) is 1.89. The molecule has 0 unspecified atom stereocenters. The van der Waals surface area contributed by atoms with Crippen LogP contribution in [0, 0.1) is 13.8 Å². The lowest BCUT2D eigenvalue weighted by molar-refractivity contribution is 1.32. The first-order valence-electron chi connectivity index (χ1n) is 4.74. The Bertz CT molecular complexity index is 274. The smallest absolute Gasteiger partial charge is 0.0284 e. The molecule has 0 aromatic heterocycles. The number of benzene rings is 1. The van der Waals surface area contributed by atoms with E-state index in [0.29, 0.717) is 0 Å². The predicted octanol–water partition coefficient (Wildman–Crippen LogP) is 3.38. The van der Waals surface area contributed by atoms with Crippen LogP contribution in [0.3, 0.4) is 0 Å². The molecule has 0 aliphatic heterocycles. The molecule has 0 fully saturated rings. The van der Waals surface area contributed by atoms with Crippen LogP contribution in [-0.4, -0.2) is 13.3 Å². The van der Waals surface area contributed by atoms with Gasteiger partial charge in [0.1, 0.15) is 0 Å². The van der Waals surface area contributed by atoms with Crippen molar-refractivity contribution in [1.82, 2.24) is 0 Å². The monoisotopic (exact) mass is 177 g/mol. The number of rotatable bonds is 1. The van der Waals surface area contributed by atoms with Gasteiger partial charge in [0.25, 0.3) is 0 Å². The Morgan fingerprint density at radius 2 is 1.77 bits per heavy atom. The van der Waals surface area contributed by atoms with E-state index >= 15 is 0 Å². The highest BCUT2D eigenvalue weighted by atomic mass is 14.6. The van der Waals surface area contributed by atoms with E-state index < -0.39 is 0 Å². The van der Waals surface area contributed by atoms with Crippen LogP contribution in [0.2, 0.25) is 0 Å². The van der Waals surface area contributed by atoms with Crippen LogP contribution in [0.25, 0.3) is 0 Å². The lowest BCUT2D eigenvalue weighted by atomic mass is 10.0. The molecule has 0 N–H and O–H groups in total. The first-order chi connectivity index (χ1) is 6.25. The van der Waals surface area contributed by atoms with Gasteiger partial charge in [-0.3, -0.25) is 4.99 Å². The molecule has 0 amide bonds. The zero-order chi connectivity index (χ0) is 10.3. The van der Waals surface area contributed by atoms with E-state index in [-0.39, 0.29) is 0 Å². The van der Waals surface area contributed by atoms with E-state index in [0.717, 1.165) is 0 Å². The van der Waals surface area contributed by atoms with E-state index in [9.17, 15) is 0 Å². The summed E-state index contributed by atoms with van der Waals surface area (Å²) in [5.74, 6) is 0. The molecule has 0 saturated carbocycles. The molecule has 72 valence electrons. The molecule has 0 aliphatic rings. The Balaban J connectivity index is 0.000000671. The van der Waals surface area contributed by atoms with Gasteiger partial charge in [-0.2, -0.15) is 0 Å². The van der Waals surface area contributed by atoms with Crippen molar-refractivity contribution in [3.8, 4) is 0 Å². The van der Waals surface area contributed by atoms with Crippen LogP contribution in [0.15, 0.2) is 23.2 Å². The topological polar surface area (TPSA) is 12.4 Å². The number of hydrogen-bond acceptors (Lipinski definition) is 1. The molecular formula is C12H19N. The van der Waals surface area contributed by atoms with Gasteiger partial charge in [0.15, 0.2) is 0 Å². The van der Waals surface area contributed by atoms with Crippen molar-refractivity contribution in [3.63, 3.8) is 0 Å². The van der Waals surface area contributed by atoms with Crippen molar-refractivity contribution in [1.29, 1.82) is 0 Å². The molecule has 0 bridgehead atoms. The minimum Gasteiger partial charge on any atom is -0.296 e. The lowest BCUT2D eigenvalue weighted by Gasteiger charge is -2.01. The molecule has 1 rings (SSSR count). The Hall–Kier alpha value is -1.11. The highest BCUT2D eigenvalue weighted by Crippen LogP contribution is 2.09. The summed E-state index contributed by atoms with van der Waals surface area (Å²) in [6, 6.07) is 6.25. The zero-order valence-electron chi connectivity index (χ0n) is 9.26. The van der Waals surface area contributed by atoms with Gasteiger partial charge in [-0.25, -0.2) is 0 Å². The maximum Gasteiger partial charge on any atom is 0.0284 e. The molecule has 0 atom stereocenters. The largest absolute Gasteiger partial charge is 0.296 e. The fourth-order valence-corrected chi connectivity index (χ4v) is 1.05. The van der Waals surface area contributed by atoms with Gasteiger partial charge in [-0.05, 0) is 30.5 Å². The normalized spacial score (nSPS) is 9.62. The van der Waals surface area contributed by atoms with E-state index in [1.165, 1.54) is 16.7 Å². The van der Waals surface area contributed by atoms with Crippen molar-refractivity contribution < 1.29 is 0 Å². The average molecular weight is 177 g/mol. The van der Waals surface area contributed by atoms with E-state index in [1.54, 1.807) is 7.05 Å². The molecular weight excluding hydrogens is 158 g/mol. The highest BCUT2D eigenvalue weighted by Gasteiger charge is 1.95. The van der Waals surface area contributed by atoms with Gasteiger partial charge in [-0.1, -0.05) is 32.0 Å². The minimum atomic E-state index is 1.22. The van der Waals surface area contributed by atoms with E-state index in [1.807, 2.05) is 20.1 Å². The van der Waals surface area contributed by atoms with Crippen LogP contribution >= 0.6 is 0 Å². The zero-order valence-corrected chi connectivity index (χ0v) is 9.26. The van der Waals surface area contributed by atoms with Crippen molar-refractivity contribution >= 4 is 6.21 Å². The molecule has 0 radical (unpaired) electrons. The van der Waals surface area contributed by atoms with Gasteiger partial charge >= 0.3 is 0 Å². The first-order valence-corrected chi connectivity index (χ1v) is 4.74. The molecule has 0 spiro atoms. The number of nitrogens with zero attached hydrogens (tertiary/aromatic N) is 1. The van der Waals surface area contributed by atoms with Crippen LogP contribution in [0.4, 0.5) is 0 Å². The Kier molecular flexibility index (Phi) is 5.86. The standard InChI is InChI=1S/C10H13N.C2H6/c1-8-5-4-6-10(7-11-3)9(8)2;1-2/h4-7H,1-3H3;1-2H3. The molecule has 0 heterocycles. The summed E-state index contributed by atoms with van der Waals surface area (Å²) in [4.78, 5) is 3.98. The van der Waals surface area contributed by atoms with Crippen LogP contribution in [0.1, 0.15) is 30.5 Å². The van der Waals surface area contributed by atoms with Gasteiger partial charge in [0, 0.05) is 13.3 Å². The van der Waals surface area contributed by atoms with Crippen LogP contribution in [0.5, 0.6) is 0 Å². The quantitative estimate of drug-likeness (QED) is 0.583. The minimum absolute atomic E-state index is 1.22. The third-order valence-electron chi connectivity index (χ3n) is 1.91. The van der Waals surface area contributed by atoms with Gasteiger partial charge in [0.2, 0.25) is 0 Å². The van der Waals surface area contributed by atoms with E-state index in [2.05, 4.69) is 37.0 Å². The van der Waals surface area contributed by atoms with Crippen molar-refractivity contribution in [2.24, 2.45) is 4.99 Å². The van der Waals surface area contributed by atoms with E-state index in [4.69, 9.17) is 0 Å². The number of aliphatic imine (C=N–C) groups is 1. The summed E-state index contributed by atoms with van der Waals surface area (Å²) in [7, 11) is 1.79. The average Bonchev–Trinajstić information content (AvgIpc) is 2.17. The predicted molar refractivity (Wildman–Crippen MR) is 60.8 cm³/mol. The number of hydrogen-bond donors (Lipinski definition) is 0.